The standard InChI is InChI=1S/C9H19NO/c1-7(2)9(11)5-6-10-8(9,3)4/h7,10-11H,5-6H2,1-4H3. The van der Waals surface area contributed by atoms with Crippen LogP contribution in [0.4, 0.5) is 0 Å². The van der Waals surface area contributed by atoms with Crippen LogP contribution in [-0.4, -0.2) is 22.8 Å². The molecule has 0 saturated carbocycles. The maximum absolute atomic E-state index is 10.2. The number of hydrogen-bond acceptors (Lipinski definition) is 2. The Morgan fingerprint density at radius 1 is 1.36 bits per heavy atom. The first kappa shape index (κ1) is 9.01. The third kappa shape index (κ3) is 1.18. The van der Waals surface area contributed by atoms with Crippen molar-refractivity contribution in [3.63, 3.8) is 0 Å². The molecule has 2 heteroatoms. The van der Waals surface area contributed by atoms with E-state index in [2.05, 4.69) is 33.0 Å². The summed E-state index contributed by atoms with van der Waals surface area (Å²) in [5.41, 5.74) is -0.645. The van der Waals surface area contributed by atoms with E-state index in [0.29, 0.717) is 5.92 Å². The van der Waals surface area contributed by atoms with E-state index >= 15 is 0 Å². The van der Waals surface area contributed by atoms with Crippen molar-refractivity contribution in [3.8, 4) is 0 Å². The van der Waals surface area contributed by atoms with Crippen LogP contribution in [0.3, 0.4) is 0 Å². The first-order valence-corrected chi connectivity index (χ1v) is 4.37. The summed E-state index contributed by atoms with van der Waals surface area (Å²) >= 11 is 0. The molecule has 0 aliphatic carbocycles. The summed E-state index contributed by atoms with van der Waals surface area (Å²) in [5.74, 6) is 0.326. The summed E-state index contributed by atoms with van der Waals surface area (Å²) in [7, 11) is 0. The van der Waals surface area contributed by atoms with Crippen LogP contribution in [0.15, 0.2) is 0 Å². The van der Waals surface area contributed by atoms with Gasteiger partial charge in [-0.15, -0.1) is 0 Å². The predicted molar refractivity (Wildman–Crippen MR) is 46.5 cm³/mol. The normalized spacial score (nSPS) is 36.5. The smallest absolute Gasteiger partial charge is 0.0857 e. The van der Waals surface area contributed by atoms with Crippen molar-refractivity contribution in [2.75, 3.05) is 6.54 Å². The monoisotopic (exact) mass is 157 g/mol. The fourth-order valence-electron chi connectivity index (χ4n) is 2.04. The van der Waals surface area contributed by atoms with E-state index in [1.54, 1.807) is 0 Å². The molecule has 0 bridgehead atoms. The Morgan fingerprint density at radius 2 is 1.91 bits per heavy atom. The molecule has 2 N–H and O–H groups in total. The second kappa shape index (κ2) is 2.46. The van der Waals surface area contributed by atoms with Crippen LogP contribution in [0.2, 0.25) is 0 Å². The highest BCUT2D eigenvalue weighted by molar-refractivity contribution is 5.06. The third-order valence-corrected chi connectivity index (χ3v) is 3.11. The van der Waals surface area contributed by atoms with Crippen molar-refractivity contribution in [3.05, 3.63) is 0 Å². The summed E-state index contributed by atoms with van der Waals surface area (Å²) < 4.78 is 0. The quantitative estimate of drug-likeness (QED) is 0.598. The Labute approximate surface area is 69.0 Å². The Bertz CT molecular complexity index is 154. The number of nitrogens with one attached hydrogen (secondary N) is 1. The zero-order valence-electron chi connectivity index (χ0n) is 7.94. The highest BCUT2D eigenvalue weighted by Crippen LogP contribution is 2.36. The topological polar surface area (TPSA) is 32.3 Å². The van der Waals surface area contributed by atoms with Crippen molar-refractivity contribution in [1.29, 1.82) is 0 Å². The number of rotatable bonds is 1. The maximum atomic E-state index is 10.2. The zero-order valence-corrected chi connectivity index (χ0v) is 7.94. The zero-order chi connectivity index (χ0) is 8.70. The molecule has 11 heavy (non-hydrogen) atoms. The van der Waals surface area contributed by atoms with E-state index < -0.39 is 5.60 Å². The van der Waals surface area contributed by atoms with Gasteiger partial charge in [0.25, 0.3) is 0 Å². The lowest BCUT2D eigenvalue weighted by Gasteiger charge is -2.39. The van der Waals surface area contributed by atoms with Gasteiger partial charge in [-0.05, 0) is 32.7 Å². The predicted octanol–water partition coefficient (Wildman–Crippen LogP) is 1.15. The summed E-state index contributed by atoms with van der Waals surface area (Å²) in [6.45, 7) is 9.23. The van der Waals surface area contributed by atoms with Crippen LogP contribution < -0.4 is 5.32 Å². The molecule has 1 rings (SSSR count). The van der Waals surface area contributed by atoms with E-state index in [1.807, 2.05) is 0 Å². The molecule has 0 aromatic heterocycles. The molecular formula is C9H19NO. The van der Waals surface area contributed by atoms with Gasteiger partial charge in [-0.3, -0.25) is 0 Å². The Kier molecular flexibility index (Phi) is 2.01. The maximum Gasteiger partial charge on any atom is 0.0857 e. The van der Waals surface area contributed by atoms with Crippen LogP contribution in [0.5, 0.6) is 0 Å². The minimum absolute atomic E-state index is 0.124. The van der Waals surface area contributed by atoms with Gasteiger partial charge < -0.3 is 10.4 Å². The van der Waals surface area contributed by atoms with Crippen molar-refractivity contribution >= 4 is 0 Å². The van der Waals surface area contributed by atoms with Crippen LogP contribution in [0.1, 0.15) is 34.1 Å². The van der Waals surface area contributed by atoms with Crippen LogP contribution in [-0.2, 0) is 0 Å². The molecule has 0 aromatic carbocycles. The molecule has 1 saturated heterocycles. The first-order valence-electron chi connectivity index (χ1n) is 4.37. The van der Waals surface area contributed by atoms with Gasteiger partial charge in [0.2, 0.25) is 0 Å². The van der Waals surface area contributed by atoms with Gasteiger partial charge in [0.05, 0.1) is 5.60 Å². The highest BCUT2D eigenvalue weighted by Gasteiger charge is 2.49. The molecule has 66 valence electrons. The molecule has 0 radical (unpaired) electrons. The molecule has 1 atom stereocenters. The largest absolute Gasteiger partial charge is 0.388 e. The molecular weight excluding hydrogens is 138 g/mol. The van der Waals surface area contributed by atoms with Gasteiger partial charge in [-0.2, -0.15) is 0 Å². The summed E-state index contributed by atoms with van der Waals surface area (Å²) in [6, 6.07) is 0. The van der Waals surface area contributed by atoms with E-state index in [1.165, 1.54) is 0 Å². The number of aliphatic hydroxyl groups is 1. The van der Waals surface area contributed by atoms with Crippen molar-refractivity contribution in [2.45, 2.75) is 45.3 Å². The molecule has 1 unspecified atom stereocenters. The third-order valence-electron chi connectivity index (χ3n) is 3.11. The van der Waals surface area contributed by atoms with E-state index in [-0.39, 0.29) is 5.54 Å². The lowest BCUT2D eigenvalue weighted by atomic mass is 9.76. The minimum Gasteiger partial charge on any atom is -0.388 e. The fourth-order valence-corrected chi connectivity index (χ4v) is 2.04. The van der Waals surface area contributed by atoms with Crippen molar-refractivity contribution in [1.82, 2.24) is 5.32 Å². The van der Waals surface area contributed by atoms with Gasteiger partial charge in [0, 0.05) is 5.54 Å². The lowest BCUT2D eigenvalue weighted by molar-refractivity contribution is -0.0476. The Morgan fingerprint density at radius 3 is 2.09 bits per heavy atom. The summed E-state index contributed by atoms with van der Waals surface area (Å²) in [6.07, 6.45) is 0.873. The van der Waals surface area contributed by atoms with Gasteiger partial charge >= 0.3 is 0 Å². The molecule has 1 aliphatic rings. The van der Waals surface area contributed by atoms with Gasteiger partial charge in [0.1, 0.15) is 0 Å². The second-order valence-corrected chi connectivity index (χ2v) is 4.38. The summed E-state index contributed by atoms with van der Waals surface area (Å²) in [4.78, 5) is 0. The SMILES string of the molecule is CC(C)C1(O)CCNC1(C)C. The Hall–Kier alpha value is -0.0800. The number of hydrogen-bond donors (Lipinski definition) is 2. The van der Waals surface area contributed by atoms with Crippen LogP contribution >= 0.6 is 0 Å². The summed E-state index contributed by atoms with van der Waals surface area (Å²) in [5, 5.41) is 13.6. The highest BCUT2D eigenvalue weighted by atomic mass is 16.3. The lowest BCUT2D eigenvalue weighted by Crippen LogP contribution is -2.54. The molecule has 0 amide bonds. The second-order valence-electron chi connectivity index (χ2n) is 4.38. The van der Waals surface area contributed by atoms with Crippen LogP contribution in [0.25, 0.3) is 0 Å². The average Bonchev–Trinajstić information content (AvgIpc) is 2.09. The van der Waals surface area contributed by atoms with Gasteiger partial charge in [0.15, 0.2) is 0 Å². The van der Waals surface area contributed by atoms with Crippen molar-refractivity contribution in [2.24, 2.45) is 5.92 Å². The minimum atomic E-state index is -0.521. The van der Waals surface area contributed by atoms with Gasteiger partial charge in [-0.25, -0.2) is 0 Å². The van der Waals surface area contributed by atoms with E-state index in [9.17, 15) is 5.11 Å². The molecule has 1 heterocycles. The van der Waals surface area contributed by atoms with Crippen LogP contribution in [0, 0.1) is 5.92 Å². The van der Waals surface area contributed by atoms with E-state index in [4.69, 9.17) is 0 Å². The first-order chi connectivity index (χ1) is 4.90. The van der Waals surface area contributed by atoms with E-state index in [0.717, 1.165) is 13.0 Å². The van der Waals surface area contributed by atoms with Gasteiger partial charge in [-0.1, -0.05) is 13.8 Å². The molecule has 1 fully saturated rings. The molecule has 0 spiro atoms. The van der Waals surface area contributed by atoms with Crippen molar-refractivity contribution < 1.29 is 5.11 Å². The average molecular weight is 157 g/mol. The molecule has 2 nitrogen and oxygen atoms in total. The fraction of sp³-hybridized carbons (Fsp3) is 1.00. The molecule has 1 aliphatic heterocycles. The Balaban J connectivity index is 2.84. The molecule has 0 aromatic rings.